The quantitative estimate of drug-likeness (QED) is 0.158. The van der Waals surface area contributed by atoms with Gasteiger partial charge in [0, 0.05) is 5.33 Å². The Morgan fingerprint density at radius 2 is 1.84 bits per heavy atom. The van der Waals surface area contributed by atoms with E-state index >= 15 is 0 Å². The highest BCUT2D eigenvalue weighted by Crippen LogP contribution is 2.66. The fourth-order valence-electron chi connectivity index (χ4n) is 2.43. The molecular weight excluding hydrogens is 581 g/mol. The molecule has 16 nitrogen and oxygen atoms in total. The molecule has 22 heteroatoms. The van der Waals surface area contributed by atoms with E-state index in [0.29, 0.717) is 10.8 Å². The maximum atomic E-state index is 14.7. The molecule has 1 aromatic heterocycles. The molecule has 0 radical (unpaired) electrons. The largest absolute Gasteiger partial charge is 0.490 e. The first-order valence-corrected chi connectivity index (χ1v) is 13.4. The van der Waals surface area contributed by atoms with Crippen molar-refractivity contribution in [2.75, 3.05) is 17.7 Å². The molecule has 0 saturated carbocycles. The topological polar surface area (TPSA) is 250 Å². The van der Waals surface area contributed by atoms with Crippen LogP contribution < -0.4 is 11.4 Å². The zero-order valence-corrected chi connectivity index (χ0v) is 19.4. The lowest BCUT2D eigenvalue weighted by atomic mass is 9.99. The Labute approximate surface area is 184 Å². The minimum atomic E-state index is -5.83. The van der Waals surface area contributed by atoms with Crippen LogP contribution in [0.1, 0.15) is 6.23 Å². The highest BCUT2D eigenvalue weighted by molar-refractivity contribution is 9.09. The summed E-state index contributed by atoms with van der Waals surface area (Å²) in [6.07, 6.45) is -6.20. The summed E-state index contributed by atoms with van der Waals surface area (Å²) in [5.74, 6) is -2.01. The molecule has 1 aliphatic rings. The Bertz CT molecular complexity index is 1070. The zero-order valence-electron chi connectivity index (χ0n) is 15.2. The van der Waals surface area contributed by atoms with Gasteiger partial charge in [-0.3, -0.25) is 9.09 Å². The highest BCUT2D eigenvalue weighted by Gasteiger charge is 2.57. The predicted octanol–water partition coefficient (Wildman–Crippen LogP) is -0.331. The average Bonchev–Trinajstić information content (AvgIpc) is 2.85. The number of halogens is 3. The van der Waals surface area contributed by atoms with Gasteiger partial charge in [0.25, 0.3) is 0 Å². The number of hydrogen-bond donors (Lipinski definition) is 6. The van der Waals surface area contributed by atoms with Crippen molar-refractivity contribution in [1.82, 2.24) is 9.55 Å². The number of nitrogen functional groups attached to an aromatic ring is 1. The third-order valence-electron chi connectivity index (χ3n) is 3.79. The van der Waals surface area contributed by atoms with E-state index in [-0.39, 0.29) is 0 Å². The van der Waals surface area contributed by atoms with Gasteiger partial charge in [0.2, 0.25) is 0 Å². The number of rotatable bonds is 9. The first-order chi connectivity index (χ1) is 14.4. The minimum Gasteiger partial charge on any atom is -0.387 e. The SMILES string of the molecule is Nc1nc(=O)n([C@@H]2O[C@](CBr)(COP(=O)(O)OP(=O)(O)OP(=O)(O)O)[C@@H](O)[C@@H]2F)cc1F. The van der Waals surface area contributed by atoms with E-state index in [4.69, 9.17) is 25.2 Å². The number of aliphatic hydroxyl groups is 1. The number of nitrogens with zero attached hydrogens (tertiary/aromatic N) is 2. The molecule has 0 amide bonds. The summed E-state index contributed by atoms with van der Waals surface area (Å²) in [5, 5.41) is 9.69. The molecule has 1 aliphatic heterocycles. The Morgan fingerprint density at radius 1 is 1.25 bits per heavy atom. The van der Waals surface area contributed by atoms with Crippen molar-refractivity contribution in [2.45, 2.75) is 24.1 Å². The van der Waals surface area contributed by atoms with Gasteiger partial charge in [-0.2, -0.15) is 13.6 Å². The molecule has 0 aromatic carbocycles. The van der Waals surface area contributed by atoms with E-state index in [2.05, 4.69) is 34.1 Å². The van der Waals surface area contributed by atoms with Crippen molar-refractivity contribution >= 4 is 45.2 Å². The Morgan fingerprint density at radius 3 is 2.38 bits per heavy atom. The summed E-state index contributed by atoms with van der Waals surface area (Å²) < 4.78 is 79.2. The molecular formula is C10H15BrF2N3O13P3. The normalized spacial score (nSPS) is 30.1. The number of alkyl halides is 2. The van der Waals surface area contributed by atoms with Gasteiger partial charge in [-0.25, -0.2) is 27.3 Å². The fourth-order valence-corrected chi connectivity index (χ4v) is 6.14. The third kappa shape index (κ3) is 6.48. The number of aliphatic hydroxyl groups excluding tert-OH is 1. The molecule has 6 atom stereocenters. The summed E-state index contributed by atoms with van der Waals surface area (Å²) in [5.41, 5.74) is 1.61. The van der Waals surface area contributed by atoms with Gasteiger partial charge in [-0.05, 0) is 0 Å². The molecule has 184 valence electrons. The van der Waals surface area contributed by atoms with Gasteiger partial charge in [0.05, 0.1) is 12.8 Å². The van der Waals surface area contributed by atoms with Crippen LogP contribution in [-0.4, -0.2) is 64.0 Å². The lowest BCUT2D eigenvalue weighted by Crippen LogP contribution is -2.47. The van der Waals surface area contributed by atoms with E-state index in [9.17, 15) is 37.3 Å². The second kappa shape index (κ2) is 9.54. The second-order valence-electron chi connectivity index (χ2n) is 6.12. The molecule has 1 saturated heterocycles. The lowest BCUT2D eigenvalue weighted by Gasteiger charge is -2.30. The van der Waals surface area contributed by atoms with Gasteiger partial charge < -0.3 is 35.2 Å². The predicted molar refractivity (Wildman–Crippen MR) is 100 cm³/mol. The molecule has 0 bridgehead atoms. The maximum Gasteiger partial charge on any atom is 0.490 e. The Hall–Kier alpha value is -0.650. The van der Waals surface area contributed by atoms with E-state index in [0.717, 1.165) is 0 Å². The minimum absolute atomic E-state index is 0.314. The van der Waals surface area contributed by atoms with E-state index in [1.165, 1.54) is 0 Å². The summed E-state index contributed by atoms with van der Waals surface area (Å²) >= 11 is 2.84. The molecule has 0 aliphatic carbocycles. The monoisotopic (exact) mass is 595 g/mol. The molecule has 1 fully saturated rings. The van der Waals surface area contributed by atoms with Gasteiger partial charge in [-0.1, -0.05) is 15.9 Å². The molecule has 32 heavy (non-hydrogen) atoms. The second-order valence-corrected chi connectivity index (χ2v) is 11.1. The van der Waals surface area contributed by atoms with Crippen molar-refractivity contribution in [3.63, 3.8) is 0 Å². The lowest BCUT2D eigenvalue weighted by molar-refractivity contribution is -0.111. The standard InChI is InChI=1S/C10H15BrF2N3O13P3/c11-2-10(3-26-31(22,23)29-32(24,25)28-30(19,20)21)6(17)5(13)8(27-10)16-1-4(12)7(14)15-9(16)18/h1,5-6,8,17H,2-3H2,(H,22,23)(H,24,25)(H2,14,15,18)(H2,19,20,21)/t5-,6-,8+,10+/m0/s1. The smallest absolute Gasteiger partial charge is 0.387 e. The maximum absolute atomic E-state index is 14.7. The molecule has 7 N–H and O–H groups in total. The fraction of sp³-hybridized carbons (Fsp3) is 0.600. The number of ether oxygens (including phenoxy) is 1. The number of nitrogens with two attached hydrogens (primary N) is 1. The van der Waals surface area contributed by atoms with Gasteiger partial charge in [-0.15, -0.1) is 0 Å². The van der Waals surface area contributed by atoms with Gasteiger partial charge in [0.15, 0.2) is 24.0 Å². The van der Waals surface area contributed by atoms with Crippen LogP contribution >= 0.6 is 39.4 Å². The number of anilines is 1. The first-order valence-electron chi connectivity index (χ1n) is 7.80. The first kappa shape index (κ1) is 27.6. The summed E-state index contributed by atoms with van der Waals surface area (Å²) in [6.45, 7) is -1.25. The molecule has 2 rings (SSSR count). The Kier molecular flexibility index (Phi) is 8.23. The number of phosphoric ester groups is 1. The number of hydrogen-bond acceptors (Lipinski definition) is 11. The van der Waals surface area contributed by atoms with E-state index in [1.54, 1.807) is 0 Å². The van der Waals surface area contributed by atoms with Crippen LogP contribution in [0.25, 0.3) is 0 Å². The molecule has 1 aromatic rings. The van der Waals surface area contributed by atoms with Crippen molar-refractivity contribution in [3.05, 3.63) is 22.5 Å². The van der Waals surface area contributed by atoms with E-state index in [1.807, 2.05) is 0 Å². The summed E-state index contributed by atoms with van der Waals surface area (Å²) in [6, 6.07) is 0. The van der Waals surface area contributed by atoms with Crippen molar-refractivity contribution in [2.24, 2.45) is 0 Å². The van der Waals surface area contributed by atoms with Crippen LogP contribution in [0, 0.1) is 5.82 Å². The van der Waals surface area contributed by atoms with Crippen LogP contribution in [0.2, 0.25) is 0 Å². The van der Waals surface area contributed by atoms with Crippen LogP contribution in [0.15, 0.2) is 11.0 Å². The van der Waals surface area contributed by atoms with Gasteiger partial charge in [0.1, 0.15) is 11.7 Å². The third-order valence-corrected chi connectivity index (χ3v) is 8.52. The van der Waals surface area contributed by atoms with Crippen LogP contribution in [0.3, 0.4) is 0 Å². The van der Waals surface area contributed by atoms with Crippen molar-refractivity contribution < 1.29 is 65.0 Å². The number of aromatic nitrogens is 2. The average molecular weight is 596 g/mol. The van der Waals surface area contributed by atoms with Crippen LogP contribution in [0.4, 0.5) is 14.6 Å². The Balaban J connectivity index is 2.24. The zero-order chi connectivity index (χ0) is 24.7. The highest BCUT2D eigenvalue weighted by atomic mass is 79.9. The van der Waals surface area contributed by atoms with Crippen LogP contribution in [0.5, 0.6) is 0 Å². The van der Waals surface area contributed by atoms with Crippen LogP contribution in [-0.2, 0) is 31.6 Å². The summed E-state index contributed by atoms with van der Waals surface area (Å²) in [7, 11) is -17.1. The van der Waals surface area contributed by atoms with Gasteiger partial charge >= 0.3 is 29.2 Å². The molecule has 2 heterocycles. The molecule has 0 spiro atoms. The van der Waals surface area contributed by atoms with Crippen molar-refractivity contribution in [3.8, 4) is 0 Å². The molecule has 2 unspecified atom stereocenters. The number of phosphoric acid groups is 3. The summed E-state index contributed by atoms with van der Waals surface area (Å²) in [4.78, 5) is 50.7. The van der Waals surface area contributed by atoms with E-state index < -0.39 is 76.8 Å². The van der Waals surface area contributed by atoms with Crippen molar-refractivity contribution in [1.29, 1.82) is 0 Å².